The largest absolute Gasteiger partial charge is 0.368 e. The van der Waals surface area contributed by atoms with Crippen LogP contribution in [0.4, 0.5) is 66.2 Å². The van der Waals surface area contributed by atoms with Crippen molar-refractivity contribution >= 4 is 71.2 Å². The number of nitrogens with zero attached hydrogens (tertiary/aromatic N) is 10. The third kappa shape index (κ3) is 25.6. The number of primary amides is 4. The molecule has 0 unspecified atom stereocenters. The van der Waals surface area contributed by atoms with Gasteiger partial charge in [-0.1, -0.05) is 244 Å². The molecular weight excluding hydrogens is 1060 g/mol. The first kappa shape index (κ1) is 69.6. The van der Waals surface area contributed by atoms with Gasteiger partial charge in [-0.05, 0) is 73.2 Å². The molecule has 0 aliphatic carbocycles. The predicted molar refractivity (Wildman–Crippen MR) is 345 cm³/mol. The van der Waals surface area contributed by atoms with Crippen LogP contribution in [0.2, 0.25) is 0 Å². The molecule has 12 N–H and O–H groups in total. The number of nitrogen functional groups attached to an aromatic ring is 2. The van der Waals surface area contributed by atoms with Crippen LogP contribution in [-0.4, -0.2) is 67.1 Å². The van der Waals surface area contributed by atoms with Crippen LogP contribution in [0.1, 0.15) is 256 Å². The van der Waals surface area contributed by atoms with Crippen LogP contribution in [0.25, 0.3) is 11.1 Å². The maximum atomic E-state index is 13.2. The van der Waals surface area contributed by atoms with Crippen molar-refractivity contribution in [3.63, 3.8) is 0 Å². The van der Waals surface area contributed by atoms with Crippen molar-refractivity contribution in [2.45, 2.75) is 259 Å². The van der Waals surface area contributed by atoms with Crippen LogP contribution in [0.5, 0.6) is 0 Å². The molecule has 0 aliphatic rings. The number of anilines is 8. The molecular formula is C64H106N16O4. The number of nitrogens with two attached hydrogens (primary N) is 6. The quantitative estimate of drug-likeness (QED) is 0.0225. The van der Waals surface area contributed by atoms with Gasteiger partial charge >= 0.3 is 24.1 Å². The van der Waals surface area contributed by atoms with Gasteiger partial charge in [0.15, 0.2) is 0 Å². The van der Waals surface area contributed by atoms with Gasteiger partial charge in [0.1, 0.15) is 0 Å². The third-order valence-corrected chi connectivity index (χ3v) is 15.8. The van der Waals surface area contributed by atoms with Crippen LogP contribution in [0, 0.1) is 13.8 Å². The molecule has 0 spiro atoms. The molecule has 2 aromatic carbocycles. The molecule has 0 aliphatic heterocycles. The van der Waals surface area contributed by atoms with E-state index in [9.17, 15) is 19.2 Å². The van der Waals surface area contributed by atoms with E-state index in [1.807, 2.05) is 12.1 Å². The lowest BCUT2D eigenvalue weighted by molar-refractivity contribution is 0.252. The van der Waals surface area contributed by atoms with E-state index in [0.717, 1.165) is 59.5 Å². The average Bonchev–Trinajstić information content (AvgIpc) is 1.93. The highest BCUT2D eigenvalue weighted by Gasteiger charge is 2.27. The number of hydrogen-bond donors (Lipinski definition) is 6. The van der Waals surface area contributed by atoms with E-state index in [4.69, 9.17) is 34.4 Å². The molecule has 20 heteroatoms. The van der Waals surface area contributed by atoms with Crippen LogP contribution < -0.4 is 54.0 Å². The molecule has 4 aromatic rings. The summed E-state index contributed by atoms with van der Waals surface area (Å²) in [5.74, 6) is -0.980. The standard InChI is InChI=1S/C64H106N16O4/c1-5-7-9-11-13-15-17-19-21-23-25-27-29-31-33-35-37-39-45-77(57(67)81)61-71-55(65)73-63(75-61)79(59(69)83)53-43-41-51(47-49(53)3)52-42-44-54(50(4)48-52)80(60(70)84)64-74-56(66)72-62(76-64)78(58(68)82)46-40-38-36-34-32-30-28-26-24-22-20-18-16-14-12-10-8-6-2/h41-44,47-48H,5-40,45-46H2,1-4H3,(H2,67,81)(H2,68,82)(H2,69,83)(H2,70,84)(H2,65,71,73,75)(H2,66,72,74,76). The summed E-state index contributed by atoms with van der Waals surface area (Å²) in [4.78, 5) is 82.5. The van der Waals surface area contributed by atoms with E-state index in [1.54, 1.807) is 38.1 Å². The zero-order chi connectivity index (χ0) is 60.9. The first-order valence-electron chi connectivity index (χ1n) is 32.2. The van der Waals surface area contributed by atoms with Crippen LogP contribution >= 0.6 is 0 Å². The van der Waals surface area contributed by atoms with E-state index < -0.39 is 24.1 Å². The monoisotopic (exact) mass is 1160 g/mol. The number of carbonyl (C=O) groups is 4. The van der Waals surface area contributed by atoms with E-state index in [1.165, 1.54) is 190 Å². The van der Waals surface area contributed by atoms with Crippen molar-refractivity contribution in [2.24, 2.45) is 22.9 Å². The highest BCUT2D eigenvalue weighted by Crippen LogP contribution is 2.35. The second-order valence-corrected chi connectivity index (χ2v) is 22.9. The van der Waals surface area contributed by atoms with Gasteiger partial charge in [0, 0.05) is 13.1 Å². The zero-order valence-electron chi connectivity index (χ0n) is 51.9. The van der Waals surface area contributed by atoms with Gasteiger partial charge in [-0.2, -0.15) is 29.9 Å². The minimum Gasteiger partial charge on any atom is -0.368 e. The second kappa shape index (κ2) is 40.4. The summed E-state index contributed by atoms with van der Waals surface area (Å²) in [6, 6.07) is 7.35. The summed E-state index contributed by atoms with van der Waals surface area (Å²) in [6.07, 6.45) is 44.7. The Morgan fingerprint density at radius 2 is 0.571 bits per heavy atom. The number of amides is 8. The zero-order valence-corrected chi connectivity index (χ0v) is 51.9. The molecule has 466 valence electrons. The molecule has 0 fully saturated rings. The van der Waals surface area contributed by atoms with Gasteiger partial charge in [0.2, 0.25) is 35.7 Å². The number of carbonyl (C=O) groups excluding carboxylic acids is 4. The Kier molecular flexibility index (Phi) is 33.5. The van der Waals surface area contributed by atoms with Gasteiger partial charge in [-0.25, -0.2) is 29.0 Å². The molecule has 0 saturated carbocycles. The SMILES string of the molecule is CCCCCCCCCCCCCCCCCCCCN(C(N)=O)c1nc(N)nc(N(C(N)=O)c2ccc(-c3ccc(N(C(N)=O)c4nc(N)nc(N(CCCCCCCCCCCCCCCCCCCC)C(N)=O)n4)c(C)c3)cc2C)n1. The van der Waals surface area contributed by atoms with Crippen molar-refractivity contribution < 1.29 is 19.2 Å². The first-order valence-corrected chi connectivity index (χ1v) is 32.2. The second-order valence-electron chi connectivity index (χ2n) is 22.9. The third-order valence-electron chi connectivity index (χ3n) is 15.8. The molecule has 4 rings (SSSR count). The number of aryl methyl sites for hydroxylation is 2. The van der Waals surface area contributed by atoms with Crippen molar-refractivity contribution in [3.8, 4) is 11.1 Å². The molecule has 0 saturated heterocycles. The van der Waals surface area contributed by atoms with Crippen molar-refractivity contribution in [1.82, 2.24) is 29.9 Å². The molecule has 0 atom stereocenters. The molecule has 2 aromatic heterocycles. The number of urea groups is 4. The molecule has 2 heterocycles. The van der Waals surface area contributed by atoms with Crippen LogP contribution in [0.3, 0.4) is 0 Å². The fourth-order valence-corrected chi connectivity index (χ4v) is 11.0. The topological polar surface area (TPSA) is 315 Å². The molecule has 84 heavy (non-hydrogen) atoms. The Balaban J connectivity index is 1.30. The minimum absolute atomic E-state index is 0.0877. The lowest BCUT2D eigenvalue weighted by Gasteiger charge is -2.24. The van der Waals surface area contributed by atoms with Crippen LogP contribution in [0.15, 0.2) is 36.4 Å². The van der Waals surface area contributed by atoms with E-state index >= 15 is 0 Å². The molecule has 0 bridgehead atoms. The maximum absolute atomic E-state index is 13.2. The Morgan fingerprint density at radius 3 is 0.798 bits per heavy atom. The van der Waals surface area contributed by atoms with E-state index in [0.29, 0.717) is 35.3 Å². The molecule has 0 radical (unpaired) electrons. The normalized spacial score (nSPS) is 11.2. The highest BCUT2D eigenvalue weighted by molar-refractivity contribution is 5.99. The summed E-state index contributed by atoms with van der Waals surface area (Å²) in [7, 11) is 0. The summed E-state index contributed by atoms with van der Waals surface area (Å²) in [6.45, 7) is 8.64. The Morgan fingerprint density at radius 1 is 0.333 bits per heavy atom. The van der Waals surface area contributed by atoms with Gasteiger partial charge < -0.3 is 34.4 Å². The number of hydrogen-bond acceptors (Lipinski definition) is 12. The summed E-state index contributed by atoms with van der Waals surface area (Å²) in [5, 5.41) is 0. The van der Waals surface area contributed by atoms with E-state index in [2.05, 4.69) is 43.8 Å². The number of unbranched alkanes of at least 4 members (excludes halogenated alkanes) is 34. The van der Waals surface area contributed by atoms with Gasteiger partial charge in [0.05, 0.1) is 11.4 Å². The first-order chi connectivity index (χ1) is 40.7. The molecule has 20 nitrogen and oxygen atoms in total. The maximum Gasteiger partial charge on any atom is 0.326 e. The van der Waals surface area contributed by atoms with Gasteiger partial charge in [-0.3, -0.25) is 9.80 Å². The predicted octanol–water partition coefficient (Wildman–Crippen LogP) is 15.8. The Hall–Kier alpha value is -6.86. The van der Waals surface area contributed by atoms with Crippen molar-refractivity contribution in [3.05, 3.63) is 47.5 Å². The number of rotatable bonds is 45. The Labute approximate surface area is 502 Å². The number of aromatic nitrogens is 6. The highest BCUT2D eigenvalue weighted by atomic mass is 16.2. The fourth-order valence-electron chi connectivity index (χ4n) is 11.0. The van der Waals surface area contributed by atoms with E-state index in [-0.39, 0.29) is 48.8 Å². The van der Waals surface area contributed by atoms with Crippen molar-refractivity contribution in [2.75, 3.05) is 44.2 Å². The van der Waals surface area contributed by atoms with Crippen molar-refractivity contribution in [1.29, 1.82) is 0 Å². The fraction of sp³-hybridized carbons (Fsp3) is 0.656. The van der Waals surface area contributed by atoms with Gasteiger partial charge in [0.25, 0.3) is 0 Å². The average molecular weight is 1160 g/mol. The summed E-state index contributed by atoms with van der Waals surface area (Å²) < 4.78 is 0. The minimum atomic E-state index is -0.894. The summed E-state index contributed by atoms with van der Waals surface area (Å²) >= 11 is 0. The number of benzene rings is 2. The van der Waals surface area contributed by atoms with Gasteiger partial charge in [-0.15, -0.1) is 0 Å². The molecule has 8 amide bonds. The van der Waals surface area contributed by atoms with Crippen LogP contribution in [-0.2, 0) is 0 Å². The summed E-state index contributed by atoms with van der Waals surface area (Å²) in [5.41, 5.74) is 39.4. The lowest BCUT2D eigenvalue weighted by atomic mass is 9.99. The lowest BCUT2D eigenvalue weighted by Crippen LogP contribution is -2.39. The smallest absolute Gasteiger partial charge is 0.326 e. The Bertz CT molecular complexity index is 2390.